The number of ether oxygens (including phenoxy) is 1. The molecule has 0 saturated carbocycles. The van der Waals surface area contributed by atoms with Crippen molar-refractivity contribution in [2.75, 3.05) is 6.61 Å². The molecular formula is C10H16N2O2. The third kappa shape index (κ3) is 2.75. The summed E-state index contributed by atoms with van der Waals surface area (Å²) in [5, 5.41) is 9.36. The summed E-state index contributed by atoms with van der Waals surface area (Å²) in [7, 11) is 0. The maximum Gasteiger partial charge on any atom is 0.154 e. The van der Waals surface area contributed by atoms with Crippen molar-refractivity contribution in [3.63, 3.8) is 0 Å². The Kier molecular flexibility index (Phi) is 3.98. The lowest BCUT2D eigenvalue weighted by Crippen LogP contribution is -2.05. The Morgan fingerprint density at radius 3 is 2.79 bits per heavy atom. The Labute approximate surface area is 84.0 Å². The molecular weight excluding hydrogens is 180 g/mol. The summed E-state index contributed by atoms with van der Waals surface area (Å²) in [6.07, 6.45) is 1.14. The molecule has 1 aromatic heterocycles. The molecule has 4 nitrogen and oxygen atoms in total. The predicted octanol–water partition coefficient (Wildman–Crippen LogP) is 1.37. The Hall–Kier alpha value is -1.00. The van der Waals surface area contributed by atoms with Crippen LogP contribution in [0.15, 0.2) is 6.20 Å². The summed E-state index contributed by atoms with van der Waals surface area (Å²) >= 11 is 0. The third-order valence-electron chi connectivity index (χ3n) is 1.95. The summed E-state index contributed by atoms with van der Waals surface area (Å²) in [6, 6.07) is 0. The van der Waals surface area contributed by atoms with E-state index in [4.69, 9.17) is 4.74 Å². The SMILES string of the molecule is CCOCc1ncc([C@H](C)O)c(C)n1. The number of hydrogen-bond donors (Lipinski definition) is 1. The van der Waals surface area contributed by atoms with E-state index < -0.39 is 6.10 Å². The first-order valence-corrected chi connectivity index (χ1v) is 4.73. The first-order chi connectivity index (χ1) is 6.65. The van der Waals surface area contributed by atoms with Crippen molar-refractivity contribution in [1.82, 2.24) is 9.97 Å². The Balaban J connectivity index is 2.78. The van der Waals surface area contributed by atoms with Crippen LogP contribution in [0.25, 0.3) is 0 Å². The largest absolute Gasteiger partial charge is 0.389 e. The minimum absolute atomic E-state index is 0.428. The Bertz CT molecular complexity index is 300. The molecule has 0 saturated heterocycles. The average Bonchev–Trinajstić information content (AvgIpc) is 2.14. The molecule has 1 heterocycles. The van der Waals surface area contributed by atoms with Crippen molar-refractivity contribution in [3.8, 4) is 0 Å². The molecule has 0 unspecified atom stereocenters. The highest BCUT2D eigenvalue weighted by molar-refractivity contribution is 5.18. The van der Waals surface area contributed by atoms with Crippen LogP contribution in [0, 0.1) is 6.92 Å². The van der Waals surface area contributed by atoms with E-state index in [0.29, 0.717) is 19.0 Å². The van der Waals surface area contributed by atoms with Gasteiger partial charge in [-0.05, 0) is 20.8 Å². The number of rotatable bonds is 4. The second-order valence-corrected chi connectivity index (χ2v) is 3.14. The van der Waals surface area contributed by atoms with Crippen LogP contribution >= 0.6 is 0 Å². The van der Waals surface area contributed by atoms with Gasteiger partial charge < -0.3 is 9.84 Å². The topological polar surface area (TPSA) is 55.2 Å². The molecule has 1 N–H and O–H groups in total. The van der Waals surface area contributed by atoms with Crippen LogP contribution in [-0.4, -0.2) is 21.7 Å². The van der Waals surface area contributed by atoms with E-state index in [1.807, 2.05) is 13.8 Å². The van der Waals surface area contributed by atoms with Crippen LogP contribution in [0.2, 0.25) is 0 Å². The van der Waals surface area contributed by atoms with E-state index in [9.17, 15) is 5.11 Å². The molecule has 1 aromatic rings. The minimum Gasteiger partial charge on any atom is -0.389 e. The molecule has 0 spiro atoms. The molecule has 0 amide bonds. The molecule has 0 aliphatic heterocycles. The molecule has 4 heteroatoms. The van der Waals surface area contributed by atoms with E-state index in [0.717, 1.165) is 11.3 Å². The van der Waals surface area contributed by atoms with E-state index >= 15 is 0 Å². The normalized spacial score (nSPS) is 12.9. The molecule has 0 radical (unpaired) electrons. The van der Waals surface area contributed by atoms with Gasteiger partial charge in [-0.2, -0.15) is 0 Å². The first-order valence-electron chi connectivity index (χ1n) is 4.73. The van der Waals surface area contributed by atoms with Crippen LogP contribution in [0.1, 0.15) is 37.0 Å². The highest BCUT2D eigenvalue weighted by Crippen LogP contribution is 2.13. The smallest absolute Gasteiger partial charge is 0.154 e. The number of aryl methyl sites for hydroxylation is 1. The number of nitrogens with zero attached hydrogens (tertiary/aromatic N) is 2. The fourth-order valence-corrected chi connectivity index (χ4v) is 1.20. The molecule has 78 valence electrons. The quantitative estimate of drug-likeness (QED) is 0.790. The van der Waals surface area contributed by atoms with Gasteiger partial charge in [-0.3, -0.25) is 0 Å². The van der Waals surface area contributed by atoms with Gasteiger partial charge in [-0.25, -0.2) is 9.97 Å². The summed E-state index contributed by atoms with van der Waals surface area (Å²) in [4.78, 5) is 8.34. The average molecular weight is 196 g/mol. The van der Waals surface area contributed by atoms with Gasteiger partial charge in [0.1, 0.15) is 6.61 Å². The molecule has 0 aromatic carbocycles. The lowest BCUT2D eigenvalue weighted by molar-refractivity contribution is 0.127. The number of aliphatic hydroxyl groups is 1. The lowest BCUT2D eigenvalue weighted by Gasteiger charge is -2.08. The zero-order chi connectivity index (χ0) is 10.6. The summed E-state index contributed by atoms with van der Waals surface area (Å²) in [6.45, 7) is 6.57. The Morgan fingerprint density at radius 2 is 2.29 bits per heavy atom. The van der Waals surface area contributed by atoms with Crippen molar-refractivity contribution in [2.24, 2.45) is 0 Å². The highest BCUT2D eigenvalue weighted by Gasteiger charge is 2.07. The van der Waals surface area contributed by atoms with Gasteiger partial charge in [0, 0.05) is 24.1 Å². The number of hydrogen-bond acceptors (Lipinski definition) is 4. The van der Waals surface area contributed by atoms with Crippen molar-refractivity contribution in [2.45, 2.75) is 33.5 Å². The molecule has 0 aliphatic rings. The van der Waals surface area contributed by atoms with E-state index in [2.05, 4.69) is 9.97 Å². The van der Waals surface area contributed by atoms with Crippen LogP contribution in [0.4, 0.5) is 0 Å². The van der Waals surface area contributed by atoms with Gasteiger partial charge in [-0.1, -0.05) is 0 Å². The molecule has 0 fully saturated rings. The molecule has 1 atom stereocenters. The fraction of sp³-hybridized carbons (Fsp3) is 0.600. The summed E-state index contributed by atoms with van der Waals surface area (Å²) in [5.41, 5.74) is 1.58. The van der Waals surface area contributed by atoms with Crippen LogP contribution in [0.3, 0.4) is 0 Å². The zero-order valence-electron chi connectivity index (χ0n) is 8.82. The second-order valence-electron chi connectivity index (χ2n) is 3.14. The zero-order valence-corrected chi connectivity index (χ0v) is 8.82. The van der Waals surface area contributed by atoms with Crippen molar-refractivity contribution < 1.29 is 9.84 Å². The van der Waals surface area contributed by atoms with Crippen LogP contribution < -0.4 is 0 Å². The first kappa shape index (κ1) is 11.1. The molecule has 14 heavy (non-hydrogen) atoms. The Morgan fingerprint density at radius 1 is 1.57 bits per heavy atom. The standard InChI is InChI=1S/C10H16N2O2/c1-4-14-6-10-11-5-9(8(3)13)7(2)12-10/h5,8,13H,4,6H2,1-3H3/t8-/m0/s1. The second kappa shape index (κ2) is 5.02. The van der Waals surface area contributed by atoms with Crippen LogP contribution in [-0.2, 0) is 11.3 Å². The number of aliphatic hydroxyl groups excluding tert-OH is 1. The van der Waals surface area contributed by atoms with E-state index in [-0.39, 0.29) is 0 Å². The maximum absolute atomic E-state index is 9.36. The van der Waals surface area contributed by atoms with Gasteiger partial charge in [-0.15, -0.1) is 0 Å². The molecule has 0 bridgehead atoms. The lowest BCUT2D eigenvalue weighted by atomic mass is 10.1. The van der Waals surface area contributed by atoms with Crippen LogP contribution in [0.5, 0.6) is 0 Å². The highest BCUT2D eigenvalue weighted by atomic mass is 16.5. The third-order valence-corrected chi connectivity index (χ3v) is 1.95. The predicted molar refractivity (Wildman–Crippen MR) is 52.7 cm³/mol. The maximum atomic E-state index is 9.36. The molecule has 0 aliphatic carbocycles. The van der Waals surface area contributed by atoms with Crippen molar-refractivity contribution in [3.05, 3.63) is 23.3 Å². The van der Waals surface area contributed by atoms with Crippen molar-refractivity contribution >= 4 is 0 Å². The van der Waals surface area contributed by atoms with Crippen molar-refractivity contribution in [1.29, 1.82) is 0 Å². The number of aromatic nitrogens is 2. The van der Waals surface area contributed by atoms with Gasteiger partial charge in [0.2, 0.25) is 0 Å². The minimum atomic E-state index is -0.517. The van der Waals surface area contributed by atoms with E-state index in [1.165, 1.54) is 0 Å². The fourth-order valence-electron chi connectivity index (χ4n) is 1.20. The summed E-state index contributed by atoms with van der Waals surface area (Å²) < 4.78 is 5.19. The monoisotopic (exact) mass is 196 g/mol. The van der Waals surface area contributed by atoms with Gasteiger partial charge in [0.15, 0.2) is 5.82 Å². The van der Waals surface area contributed by atoms with Gasteiger partial charge in [0.05, 0.1) is 6.10 Å². The molecule has 1 rings (SSSR count). The summed E-state index contributed by atoms with van der Waals surface area (Å²) in [5.74, 6) is 0.661. The van der Waals surface area contributed by atoms with Gasteiger partial charge in [0.25, 0.3) is 0 Å². The van der Waals surface area contributed by atoms with E-state index in [1.54, 1.807) is 13.1 Å². The van der Waals surface area contributed by atoms with Gasteiger partial charge >= 0.3 is 0 Å².